The molecule has 84 valence electrons. The van der Waals surface area contributed by atoms with Gasteiger partial charge < -0.3 is 5.32 Å². The van der Waals surface area contributed by atoms with E-state index in [1.165, 1.54) is 0 Å². The van der Waals surface area contributed by atoms with E-state index in [9.17, 15) is 4.79 Å². The maximum atomic E-state index is 11.7. The van der Waals surface area contributed by atoms with E-state index in [4.69, 9.17) is 11.6 Å². The number of rotatable bonds is 5. The van der Waals surface area contributed by atoms with E-state index in [0.29, 0.717) is 12.3 Å². The fraction of sp³-hybridized carbons (Fsp3) is 0.545. The average Bonchev–Trinajstić information content (AvgIpc) is 2.54. The number of carbonyl (C=O) groups excluding carboxylic acids is 1. The highest BCUT2D eigenvalue weighted by molar-refractivity contribution is 7.10. The smallest absolute Gasteiger partial charge is 0.225 e. The molecule has 0 saturated heterocycles. The predicted molar refractivity (Wildman–Crippen MR) is 65.6 cm³/mol. The summed E-state index contributed by atoms with van der Waals surface area (Å²) >= 11 is 7.27. The molecule has 0 radical (unpaired) electrons. The molecule has 0 aromatic carbocycles. The molecule has 1 heterocycles. The van der Waals surface area contributed by atoms with Crippen molar-refractivity contribution < 1.29 is 4.79 Å². The third kappa shape index (κ3) is 4.67. The Morgan fingerprint density at radius 1 is 1.60 bits per heavy atom. The molecule has 1 amide bonds. The minimum atomic E-state index is -0.212. The first-order valence-electron chi connectivity index (χ1n) is 4.93. The normalized spacial score (nSPS) is 11.4. The van der Waals surface area contributed by atoms with Crippen LogP contribution in [0.1, 0.15) is 25.1 Å². The average molecular weight is 246 g/mol. The molecule has 2 nitrogen and oxygen atoms in total. The first kappa shape index (κ1) is 12.5. The summed E-state index contributed by atoms with van der Waals surface area (Å²) < 4.78 is 0. The monoisotopic (exact) mass is 245 g/mol. The SMILES string of the molecule is CC(C)(CCCl)NC(=O)Cc1cccs1. The van der Waals surface area contributed by atoms with Gasteiger partial charge in [-0.25, -0.2) is 0 Å². The Labute approximate surface area is 99.6 Å². The molecule has 0 atom stereocenters. The quantitative estimate of drug-likeness (QED) is 0.795. The van der Waals surface area contributed by atoms with Gasteiger partial charge in [-0.2, -0.15) is 0 Å². The van der Waals surface area contributed by atoms with Crippen molar-refractivity contribution in [3.8, 4) is 0 Å². The van der Waals surface area contributed by atoms with E-state index in [0.717, 1.165) is 11.3 Å². The molecule has 1 aromatic heterocycles. The van der Waals surface area contributed by atoms with Gasteiger partial charge in [0.05, 0.1) is 6.42 Å². The van der Waals surface area contributed by atoms with Crippen LogP contribution in [0, 0.1) is 0 Å². The number of amides is 1. The Bertz CT molecular complexity index is 308. The van der Waals surface area contributed by atoms with Gasteiger partial charge in [0.15, 0.2) is 0 Å². The van der Waals surface area contributed by atoms with E-state index in [2.05, 4.69) is 5.32 Å². The Balaban J connectivity index is 2.42. The Morgan fingerprint density at radius 3 is 2.87 bits per heavy atom. The Kier molecular flexibility index (Phi) is 4.61. The first-order valence-corrected chi connectivity index (χ1v) is 6.34. The molecule has 0 unspecified atom stereocenters. The number of thiophene rings is 1. The van der Waals surface area contributed by atoms with Gasteiger partial charge >= 0.3 is 0 Å². The predicted octanol–water partition coefficient (Wildman–Crippen LogP) is 2.81. The first-order chi connectivity index (χ1) is 7.03. The zero-order valence-electron chi connectivity index (χ0n) is 9.05. The van der Waals surface area contributed by atoms with Crippen molar-refractivity contribution in [1.82, 2.24) is 5.32 Å². The van der Waals surface area contributed by atoms with E-state index < -0.39 is 0 Å². The molecule has 0 aliphatic carbocycles. The second-order valence-corrected chi connectivity index (χ2v) is 5.54. The maximum Gasteiger partial charge on any atom is 0.225 e. The van der Waals surface area contributed by atoms with Crippen molar-refractivity contribution in [2.75, 3.05) is 5.88 Å². The fourth-order valence-corrected chi connectivity index (χ4v) is 2.47. The highest BCUT2D eigenvalue weighted by Crippen LogP contribution is 2.12. The lowest BCUT2D eigenvalue weighted by Gasteiger charge is -2.25. The van der Waals surface area contributed by atoms with Crippen LogP contribution in [-0.4, -0.2) is 17.3 Å². The second kappa shape index (κ2) is 5.52. The molecule has 4 heteroatoms. The molecule has 0 aliphatic rings. The highest BCUT2D eigenvalue weighted by atomic mass is 35.5. The molecule has 1 N–H and O–H groups in total. The van der Waals surface area contributed by atoms with Gasteiger partial charge in [0.1, 0.15) is 0 Å². The van der Waals surface area contributed by atoms with Crippen molar-refractivity contribution in [2.24, 2.45) is 0 Å². The standard InChI is InChI=1S/C11H16ClNOS/c1-11(2,5-6-12)13-10(14)8-9-4-3-7-15-9/h3-4,7H,5-6,8H2,1-2H3,(H,13,14). The molecule has 0 fully saturated rings. The third-order valence-corrected chi connectivity index (χ3v) is 3.18. The number of nitrogens with one attached hydrogen (secondary N) is 1. The van der Waals surface area contributed by atoms with Crippen molar-refractivity contribution in [2.45, 2.75) is 32.2 Å². The van der Waals surface area contributed by atoms with E-state index >= 15 is 0 Å². The molecule has 1 aromatic rings. The van der Waals surface area contributed by atoms with Gasteiger partial charge in [0.25, 0.3) is 0 Å². The third-order valence-electron chi connectivity index (χ3n) is 2.11. The van der Waals surface area contributed by atoms with Crippen LogP contribution >= 0.6 is 22.9 Å². The van der Waals surface area contributed by atoms with E-state index in [-0.39, 0.29) is 11.4 Å². The van der Waals surface area contributed by atoms with E-state index in [1.807, 2.05) is 31.4 Å². The molecule has 0 saturated carbocycles. The lowest BCUT2D eigenvalue weighted by atomic mass is 10.0. The molecular weight excluding hydrogens is 230 g/mol. The van der Waals surface area contributed by atoms with Gasteiger partial charge in [-0.05, 0) is 31.7 Å². The largest absolute Gasteiger partial charge is 0.351 e. The Hall–Kier alpha value is -0.540. The van der Waals surface area contributed by atoms with Crippen molar-refractivity contribution in [1.29, 1.82) is 0 Å². The summed E-state index contributed by atoms with van der Waals surface area (Å²) in [6.07, 6.45) is 1.24. The minimum Gasteiger partial charge on any atom is -0.351 e. The topological polar surface area (TPSA) is 29.1 Å². The number of alkyl halides is 1. The van der Waals surface area contributed by atoms with Crippen LogP contribution in [0.15, 0.2) is 17.5 Å². The molecule has 15 heavy (non-hydrogen) atoms. The summed E-state index contributed by atoms with van der Waals surface area (Å²) in [5.74, 6) is 0.624. The fourth-order valence-electron chi connectivity index (χ4n) is 1.29. The van der Waals surface area contributed by atoms with Crippen LogP contribution in [-0.2, 0) is 11.2 Å². The van der Waals surface area contributed by atoms with Crippen molar-refractivity contribution >= 4 is 28.8 Å². The summed E-state index contributed by atoms with van der Waals surface area (Å²) in [6.45, 7) is 3.98. The van der Waals surface area contributed by atoms with Gasteiger partial charge in [-0.3, -0.25) is 4.79 Å². The van der Waals surface area contributed by atoms with Gasteiger partial charge in [0.2, 0.25) is 5.91 Å². The van der Waals surface area contributed by atoms with Crippen molar-refractivity contribution in [3.05, 3.63) is 22.4 Å². The summed E-state index contributed by atoms with van der Waals surface area (Å²) in [7, 11) is 0. The van der Waals surface area contributed by atoms with Gasteiger partial charge in [0, 0.05) is 16.3 Å². The lowest BCUT2D eigenvalue weighted by molar-refractivity contribution is -0.122. The molecule has 0 bridgehead atoms. The van der Waals surface area contributed by atoms with Crippen LogP contribution in [0.2, 0.25) is 0 Å². The number of carbonyl (C=O) groups is 1. The minimum absolute atomic E-state index is 0.0626. The van der Waals surface area contributed by atoms with E-state index in [1.54, 1.807) is 11.3 Å². The summed E-state index contributed by atoms with van der Waals surface area (Å²) in [6, 6.07) is 3.93. The van der Waals surface area contributed by atoms with Crippen LogP contribution < -0.4 is 5.32 Å². The van der Waals surface area contributed by atoms with Gasteiger partial charge in [-0.1, -0.05) is 6.07 Å². The highest BCUT2D eigenvalue weighted by Gasteiger charge is 2.19. The molecular formula is C11H16ClNOS. The zero-order valence-corrected chi connectivity index (χ0v) is 10.6. The maximum absolute atomic E-state index is 11.7. The van der Waals surface area contributed by atoms with Crippen LogP contribution in [0.5, 0.6) is 0 Å². The number of halogens is 1. The summed E-state index contributed by atoms with van der Waals surface area (Å²) in [5, 5.41) is 4.96. The molecule has 1 rings (SSSR count). The number of hydrogen-bond acceptors (Lipinski definition) is 2. The van der Waals surface area contributed by atoms with Gasteiger partial charge in [-0.15, -0.1) is 22.9 Å². The lowest BCUT2D eigenvalue weighted by Crippen LogP contribution is -2.44. The van der Waals surface area contributed by atoms with Crippen LogP contribution in [0.25, 0.3) is 0 Å². The zero-order chi connectivity index (χ0) is 11.3. The second-order valence-electron chi connectivity index (χ2n) is 4.13. The number of hydrogen-bond donors (Lipinski definition) is 1. The summed E-state index contributed by atoms with van der Waals surface area (Å²) in [5.41, 5.74) is -0.212. The molecule has 0 spiro atoms. The molecule has 0 aliphatic heterocycles. The van der Waals surface area contributed by atoms with Crippen LogP contribution in [0.3, 0.4) is 0 Å². The van der Waals surface area contributed by atoms with Crippen LogP contribution in [0.4, 0.5) is 0 Å². The van der Waals surface area contributed by atoms with Crippen molar-refractivity contribution in [3.63, 3.8) is 0 Å². The Morgan fingerprint density at radius 2 is 2.33 bits per heavy atom. The summed E-state index contributed by atoms with van der Waals surface area (Å²) in [4.78, 5) is 12.7.